The van der Waals surface area contributed by atoms with E-state index in [9.17, 15) is 0 Å². The molecule has 2 rings (SSSR count). The summed E-state index contributed by atoms with van der Waals surface area (Å²) in [5, 5.41) is 13.2. The molecule has 1 aliphatic rings. The van der Waals surface area contributed by atoms with Gasteiger partial charge in [0.25, 0.3) is 0 Å². The van der Waals surface area contributed by atoms with Crippen molar-refractivity contribution in [3.63, 3.8) is 0 Å². The summed E-state index contributed by atoms with van der Waals surface area (Å²) in [4.78, 5) is 5.75. The zero-order valence-corrected chi connectivity index (χ0v) is 9.23. The Balaban J connectivity index is 2.17. The molecule has 78 valence electrons. The van der Waals surface area contributed by atoms with Gasteiger partial charge in [0, 0.05) is 17.3 Å². The van der Waals surface area contributed by atoms with Gasteiger partial charge in [-0.3, -0.25) is 0 Å². The van der Waals surface area contributed by atoms with Crippen LogP contribution in [0.1, 0.15) is 34.3 Å². The van der Waals surface area contributed by atoms with Crippen LogP contribution >= 0.6 is 11.3 Å². The van der Waals surface area contributed by atoms with Crippen LogP contribution in [0.2, 0.25) is 0 Å². The van der Waals surface area contributed by atoms with E-state index in [0.29, 0.717) is 5.92 Å². The topological polar surface area (TPSA) is 45.2 Å². The Labute approximate surface area is 88.2 Å². The third-order valence-corrected chi connectivity index (χ3v) is 3.67. The Morgan fingerprint density at radius 3 is 3.07 bits per heavy atom. The van der Waals surface area contributed by atoms with Gasteiger partial charge >= 0.3 is 0 Å². The normalized spacial score (nSPS) is 22.6. The van der Waals surface area contributed by atoms with E-state index in [4.69, 9.17) is 5.11 Å². The molecule has 1 atom stereocenters. The molecule has 2 heterocycles. The summed E-state index contributed by atoms with van der Waals surface area (Å²) in [6.45, 7) is 4.34. The number of hydrogen-bond acceptors (Lipinski definition) is 4. The highest BCUT2D eigenvalue weighted by Crippen LogP contribution is 2.28. The molecule has 1 fully saturated rings. The standard InChI is InChI=1S/C10H16N2OS/c1-7-10(12-9(6-13)14-7)8-3-2-4-11-5-8/h8,11,13H,2-6H2,1H3. The van der Waals surface area contributed by atoms with E-state index in [1.54, 1.807) is 11.3 Å². The van der Waals surface area contributed by atoms with Gasteiger partial charge in [0.05, 0.1) is 12.3 Å². The predicted octanol–water partition coefficient (Wildman–Crippen LogP) is 1.41. The summed E-state index contributed by atoms with van der Waals surface area (Å²) in [6.07, 6.45) is 2.46. The number of nitrogens with one attached hydrogen (secondary N) is 1. The number of aliphatic hydroxyl groups is 1. The Bertz CT molecular complexity index is 305. The van der Waals surface area contributed by atoms with E-state index < -0.39 is 0 Å². The number of nitrogens with zero attached hydrogens (tertiary/aromatic N) is 1. The number of thiazole rings is 1. The second-order valence-electron chi connectivity index (χ2n) is 3.75. The first-order valence-corrected chi connectivity index (χ1v) is 5.90. The minimum atomic E-state index is 0.0751. The number of aryl methyl sites for hydroxylation is 1. The summed E-state index contributed by atoms with van der Waals surface area (Å²) in [5.41, 5.74) is 1.20. The average molecular weight is 212 g/mol. The molecule has 0 aliphatic carbocycles. The van der Waals surface area contributed by atoms with E-state index in [-0.39, 0.29) is 6.61 Å². The monoisotopic (exact) mass is 212 g/mol. The van der Waals surface area contributed by atoms with Crippen molar-refractivity contribution in [3.8, 4) is 0 Å². The van der Waals surface area contributed by atoms with Crippen molar-refractivity contribution in [2.24, 2.45) is 0 Å². The first kappa shape index (κ1) is 10.1. The number of aromatic nitrogens is 1. The minimum Gasteiger partial charge on any atom is -0.389 e. The van der Waals surface area contributed by atoms with Crippen molar-refractivity contribution in [2.75, 3.05) is 13.1 Å². The smallest absolute Gasteiger partial charge is 0.119 e. The van der Waals surface area contributed by atoms with Crippen LogP contribution in [0.15, 0.2) is 0 Å². The lowest BCUT2D eigenvalue weighted by atomic mass is 9.96. The maximum atomic E-state index is 9.01. The highest BCUT2D eigenvalue weighted by Gasteiger charge is 2.20. The van der Waals surface area contributed by atoms with Crippen LogP contribution in [0.4, 0.5) is 0 Å². The molecule has 0 saturated carbocycles. The number of hydrogen-bond donors (Lipinski definition) is 2. The molecule has 0 aromatic carbocycles. The summed E-state index contributed by atoms with van der Waals surface area (Å²) < 4.78 is 0. The molecule has 1 aliphatic heterocycles. The molecule has 0 bridgehead atoms. The van der Waals surface area contributed by atoms with E-state index in [1.165, 1.54) is 23.4 Å². The first-order chi connectivity index (χ1) is 6.81. The molecule has 1 aromatic heterocycles. The third kappa shape index (κ3) is 1.97. The zero-order chi connectivity index (χ0) is 9.97. The molecule has 4 heteroatoms. The second kappa shape index (κ2) is 4.38. The molecule has 1 aromatic rings. The highest BCUT2D eigenvalue weighted by atomic mass is 32.1. The number of rotatable bonds is 2. The lowest BCUT2D eigenvalue weighted by Crippen LogP contribution is -2.28. The van der Waals surface area contributed by atoms with Crippen molar-refractivity contribution in [1.82, 2.24) is 10.3 Å². The molecule has 0 amide bonds. The van der Waals surface area contributed by atoms with E-state index in [1.807, 2.05) is 0 Å². The quantitative estimate of drug-likeness (QED) is 0.779. The highest BCUT2D eigenvalue weighted by molar-refractivity contribution is 7.11. The van der Waals surface area contributed by atoms with E-state index >= 15 is 0 Å². The Kier molecular flexibility index (Phi) is 3.15. The lowest BCUT2D eigenvalue weighted by molar-refractivity contribution is 0.280. The SMILES string of the molecule is Cc1sc(CO)nc1C1CCCNC1. The van der Waals surface area contributed by atoms with Crippen molar-refractivity contribution in [1.29, 1.82) is 0 Å². The summed E-state index contributed by atoms with van der Waals surface area (Å²) in [7, 11) is 0. The van der Waals surface area contributed by atoms with Crippen LogP contribution in [-0.4, -0.2) is 23.2 Å². The molecule has 0 radical (unpaired) electrons. The molecule has 14 heavy (non-hydrogen) atoms. The molecular weight excluding hydrogens is 196 g/mol. The fourth-order valence-corrected chi connectivity index (χ4v) is 2.88. The van der Waals surface area contributed by atoms with Gasteiger partial charge in [-0.25, -0.2) is 4.98 Å². The Morgan fingerprint density at radius 2 is 2.50 bits per heavy atom. The Hall–Kier alpha value is -0.450. The minimum absolute atomic E-state index is 0.0751. The zero-order valence-electron chi connectivity index (χ0n) is 8.42. The summed E-state index contributed by atoms with van der Waals surface area (Å²) >= 11 is 1.62. The maximum Gasteiger partial charge on any atom is 0.119 e. The first-order valence-electron chi connectivity index (χ1n) is 5.09. The molecular formula is C10H16N2OS. The average Bonchev–Trinajstić information content (AvgIpc) is 2.61. The number of piperidine rings is 1. The Morgan fingerprint density at radius 1 is 1.64 bits per heavy atom. The lowest BCUT2D eigenvalue weighted by Gasteiger charge is -2.21. The van der Waals surface area contributed by atoms with Crippen LogP contribution in [0.5, 0.6) is 0 Å². The van der Waals surface area contributed by atoms with Gasteiger partial charge in [-0.15, -0.1) is 11.3 Å². The van der Waals surface area contributed by atoms with Crippen molar-refractivity contribution in [3.05, 3.63) is 15.6 Å². The van der Waals surface area contributed by atoms with Crippen LogP contribution in [-0.2, 0) is 6.61 Å². The fourth-order valence-electron chi connectivity index (χ4n) is 2.00. The van der Waals surface area contributed by atoms with Gasteiger partial charge in [-0.05, 0) is 26.3 Å². The molecule has 3 nitrogen and oxygen atoms in total. The van der Waals surface area contributed by atoms with Gasteiger partial charge in [0.2, 0.25) is 0 Å². The van der Waals surface area contributed by atoms with E-state index in [2.05, 4.69) is 17.2 Å². The van der Waals surface area contributed by atoms with Crippen molar-refractivity contribution >= 4 is 11.3 Å². The van der Waals surface area contributed by atoms with Gasteiger partial charge in [-0.1, -0.05) is 0 Å². The second-order valence-corrected chi connectivity index (χ2v) is 5.04. The van der Waals surface area contributed by atoms with Gasteiger partial charge < -0.3 is 10.4 Å². The van der Waals surface area contributed by atoms with Gasteiger partial charge in [-0.2, -0.15) is 0 Å². The van der Waals surface area contributed by atoms with Crippen LogP contribution in [0, 0.1) is 6.92 Å². The van der Waals surface area contributed by atoms with Crippen LogP contribution in [0.25, 0.3) is 0 Å². The van der Waals surface area contributed by atoms with Crippen LogP contribution in [0.3, 0.4) is 0 Å². The van der Waals surface area contributed by atoms with Gasteiger partial charge in [0.15, 0.2) is 0 Å². The summed E-state index contributed by atoms with van der Waals surface area (Å²) in [5.74, 6) is 0.556. The molecule has 1 unspecified atom stereocenters. The van der Waals surface area contributed by atoms with Crippen LogP contribution < -0.4 is 5.32 Å². The summed E-state index contributed by atoms with van der Waals surface area (Å²) in [6, 6.07) is 0. The molecule has 0 spiro atoms. The van der Waals surface area contributed by atoms with E-state index in [0.717, 1.165) is 18.1 Å². The maximum absolute atomic E-state index is 9.01. The van der Waals surface area contributed by atoms with Gasteiger partial charge in [0.1, 0.15) is 5.01 Å². The molecule has 2 N–H and O–H groups in total. The van der Waals surface area contributed by atoms with Crippen molar-refractivity contribution < 1.29 is 5.11 Å². The predicted molar refractivity (Wildman–Crippen MR) is 57.6 cm³/mol. The fraction of sp³-hybridized carbons (Fsp3) is 0.700. The van der Waals surface area contributed by atoms with Crippen molar-refractivity contribution in [2.45, 2.75) is 32.3 Å². The molecule has 1 saturated heterocycles. The number of aliphatic hydroxyl groups excluding tert-OH is 1. The largest absolute Gasteiger partial charge is 0.389 e. The third-order valence-electron chi connectivity index (χ3n) is 2.70.